The van der Waals surface area contributed by atoms with Crippen LogP contribution < -0.4 is 40.8 Å². The lowest BCUT2D eigenvalue weighted by molar-refractivity contribution is 0.0544. The smallest absolute Gasteiger partial charge is 0.277 e. The summed E-state index contributed by atoms with van der Waals surface area (Å²) in [5.41, 5.74) is 5.28. The van der Waals surface area contributed by atoms with E-state index < -0.39 is 85.8 Å². The van der Waals surface area contributed by atoms with Crippen molar-refractivity contribution in [1.29, 1.82) is 0 Å². The number of nitrogens with zero attached hydrogens (tertiary/aromatic N) is 9. The molecule has 112 heavy (non-hydrogen) atoms. The molecule has 0 bridgehead atoms. The highest BCUT2D eigenvalue weighted by Crippen LogP contribution is 2.65. The lowest BCUT2D eigenvalue weighted by atomic mass is 9.80. The third-order valence-corrected chi connectivity index (χ3v) is 26.6. The fourth-order valence-corrected chi connectivity index (χ4v) is 21.4. The van der Waals surface area contributed by atoms with Crippen molar-refractivity contribution in [2.45, 2.75) is 106 Å². The first-order valence-corrected chi connectivity index (χ1v) is 38.9. The monoisotopic (exact) mass is 1490 g/mol. The number of halogens is 2. The van der Waals surface area contributed by atoms with E-state index in [1.165, 1.54) is 30.3 Å². The Morgan fingerprint density at radius 2 is 0.875 bits per heavy atom. The Morgan fingerprint density at radius 3 is 1.40 bits per heavy atom. The van der Waals surface area contributed by atoms with Gasteiger partial charge in [-0.3, -0.25) is 57.8 Å². The second-order valence-electron chi connectivity index (χ2n) is 32.3. The van der Waals surface area contributed by atoms with Crippen LogP contribution in [0.4, 0.5) is 8.78 Å². The van der Waals surface area contributed by atoms with Crippen molar-refractivity contribution in [3.63, 3.8) is 0 Å². The zero-order valence-electron chi connectivity index (χ0n) is 62.4. The highest BCUT2D eigenvalue weighted by Gasteiger charge is 2.67. The molecule has 3 aliphatic heterocycles. The molecule has 7 atom stereocenters. The largest absolute Gasteiger partial charge is 0.502 e. The molecule has 9 aliphatic rings. The van der Waals surface area contributed by atoms with E-state index in [9.17, 15) is 9.90 Å². The summed E-state index contributed by atoms with van der Waals surface area (Å²) in [5, 5.41) is 18.2. The van der Waals surface area contributed by atoms with Gasteiger partial charge in [-0.25, -0.2) is 8.78 Å². The first-order valence-electron chi connectivity index (χ1n) is 38.9. The fraction of sp³-hybridized carbons (Fsp3) is 0.283. The van der Waals surface area contributed by atoms with E-state index in [0.29, 0.717) is 60.8 Å². The van der Waals surface area contributed by atoms with Gasteiger partial charge >= 0.3 is 0 Å². The molecule has 0 spiro atoms. The molecular weight excluding hydrogens is 1410 g/mol. The van der Waals surface area contributed by atoms with Gasteiger partial charge in [-0.1, -0.05) is 203 Å². The SMILES string of the molecule is CCN1CN(C23c4cccc(F)c4CC2Cc2c(F)cccc23)n2ccc(=O)c(OC3c4ccccc4C4(N5CN(CCC(C)c6ccccc6)C(=O)c6c(OC7c8ccccc8C8(N9CN(CCC(C)(C)c%10ccccc%10)C(=O)c%10c(O)c(=O)ccn%109)c9ccccc9CC78)c(=O)ccn65)c5ccccc5CC34)c2C1=O. The van der Waals surface area contributed by atoms with E-state index in [-0.39, 0.29) is 91.7 Å². The molecule has 3 amide bonds. The lowest BCUT2D eigenvalue weighted by Gasteiger charge is -2.51. The minimum absolute atomic E-state index is 0.00814. The molecule has 18 nitrogen and oxygen atoms in total. The zero-order valence-corrected chi connectivity index (χ0v) is 62.4. The summed E-state index contributed by atoms with van der Waals surface area (Å²) in [5.74, 6) is -4.81. The van der Waals surface area contributed by atoms with Gasteiger partial charge < -0.3 is 29.3 Å². The van der Waals surface area contributed by atoms with Crippen LogP contribution in [-0.2, 0) is 47.7 Å². The summed E-state index contributed by atoms with van der Waals surface area (Å²) in [6.45, 7) is 9.02. The number of pyridine rings is 3. The maximum Gasteiger partial charge on any atom is 0.277 e. The van der Waals surface area contributed by atoms with Crippen molar-refractivity contribution in [1.82, 2.24) is 28.7 Å². The van der Waals surface area contributed by atoms with E-state index in [1.807, 2.05) is 137 Å². The average Bonchev–Trinajstić information content (AvgIpc) is 1.52. The van der Waals surface area contributed by atoms with E-state index in [2.05, 4.69) is 85.4 Å². The van der Waals surface area contributed by atoms with Gasteiger partial charge in [0.2, 0.25) is 16.3 Å². The predicted molar refractivity (Wildman–Crippen MR) is 418 cm³/mol. The molecule has 20 heteroatoms. The van der Waals surface area contributed by atoms with Gasteiger partial charge in [0.05, 0.1) is 0 Å². The molecular formula is C92H81F2N9O9. The molecule has 6 heterocycles. The Morgan fingerprint density at radius 1 is 0.455 bits per heavy atom. The van der Waals surface area contributed by atoms with Crippen LogP contribution >= 0.6 is 0 Å². The van der Waals surface area contributed by atoms with Crippen molar-refractivity contribution >= 4 is 17.7 Å². The van der Waals surface area contributed by atoms with E-state index >= 15 is 32.8 Å². The van der Waals surface area contributed by atoms with Gasteiger partial charge in [-0.2, -0.15) is 0 Å². The van der Waals surface area contributed by atoms with Crippen molar-refractivity contribution in [3.05, 3.63) is 368 Å². The van der Waals surface area contributed by atoms with Crippen molar-refractivity contribution in [2.24, 2.45) is 17.8 Å². The van der Waals surface area contributed by atoms with Gasteiger partial charge in [0, 0.05) is 74.2 Å². The Labute approximate surface area is 645 Å². The summed E-state index contributed by atoms with van der Waals surface area (Å²) in [7, 11) is 0. The topological polar surface area (TPSA) is 175 Å². The van der Waals surface area contributed by atoms with Crippen LogP contribution in [0, 0.1) is 29.4 Å². The molecule has 20 rings (SSSR count). The second-order valence-corrected chi connectivity index (χ2v) is 32.3. The molecule has 0 fully saturated rings. The molecule has 6 aliphatic carbocycles. The molecule has 8 aromatic carbocycles. The second kappa shape index (κ2) is 25.4. The van der Waals surface area contributed by atoms with Gasteiger partial charge in [-0.05, 0) is 147 Å². The number of fused-ring (bicyclic) bond motifs is 18. The molecule has 562 valence electrons. The summed E-state index contributed by atoms with van der Waals surface area (Å²) >= 11 is 0. The van der Waals surface area contributed by atoms with Gasteiger partial charge in [0.15, 0.2) is 34.3 Å². The predicted octanol–water partition coefficient (Wildman–Crippen LogP) is 13.0. The normalized spacial score (nSPS) is 23.4. The minimum Gasteiger partial charge on any atom is -0.502 e. The summed E-state index contributed by atoms with van der Waals surface area (Å²) in [6.07, 6.45) is 5.34. The number of carbonyl (C=O) groups excluding carboxylic acids is 3. The minimum atomic E-state index is -1.27. The molecule has 11 aromatic rings. The first kappa shape index (κ1) is 68.9. The third-order valence-electron chi connectivity index (χ3n) is 26.6. The molecule has 0 saturated carbocycles. The number of rotatable bonds is 16. The maximum atomic E-state index is 16.6. The highest BCUT2D eigenvalue weighted by molar-refractivity contribution is 5.98. The number of carbonyl (C=O) groups is 3. The number of aromatic hydroxyl groups is 1. The third kappa shape index (κ3) is 9.52. The van der Waals surface area contributed by atoms with Crippen LogP contribution in [0.2, 0.25) is 0 Å². The molecule has 3 aromatic heterocycles. The van der Waals surface area contributed by atoms with Crippen molar-refractivity contribution in [2.75, 3.05) is 54.7 Å². The van der Waals surface area contributed by atoms with Crippen molar-refractivity contribution < 1.29 is 37.7 Å². The Hall–Kier alpha value is -12.3. The van der Waals surface area contributed by atoms with Crippen LogP contribution in [-0.4, -0.2) is 91.2 Å². The number of ether oxygens (including phenoxy) is 2. The van der Waals surface area contributed by atoms with Crippen LogP contribution in [0.3, 0.4) is 0 Å². The average molecular weight is 1490 g/mol. The fourth-order valence-electron chi connectivity index (χ4n) is 21.4. The van der Waals surface area contributed by atoms with Crippen molar-refractivity contribution in [3.8, 4) is 17.2 Å². The van der Waals surface area contributed by atoms with Gasteiger partial charge in [-0.15, -0.1) is 0 Å². The van der Waals surface area contributed by atoms with Crippen LogP contribution in [0.1, 0.15) is 168 Å². The zero-order chi connectivity index (χ0) is 76.6. The van der Waals surface area contributed by atoms with Crippen LogP contribution in [0.5, 0.6) is 17.2 Å². The number of amides is 3. The number of benzene rings is 8. The van der Waals surface area contributed by atoms with E-state index in [4.69, 9.17) is 9.47 Å². The number of aromatic nitrogens is 3. The molecule has 0 radical (unpaired) electrons. The maximum absolute atomic E-state index is 16.6. The molecule has 0 saturated heterocycles. The molecule has 1 N–H and O–H groups in total. The Kier molecular flexibility index (Phi) is 15.6. The summed E-state index contributed by atoms with van der Waals surface area (Å²) in [4.78, 5) is 97.7. The summed E-state index contributed by atoms with van der Waals surface area (Å²) in [6, 6.07) is 66.7. The lowest BCUT2D eigenvalue weighted by Crippen LogP contribution is -2.64. The quantitative estimate of drug-likeness (QED) is 0.0970. The van der Waals surface area contributed by atoms with E-state index in [1.54, 1.807) is 49.9 Å². The standard InChI is InChI=1S/C92H81F2N9O9/c1-5-95-52-101(90-60(50-63-69(90)34-20-36-73(63)93)51-64-70(90)35-21-37-74(64)94)99-45-40-76(105)84(79(99)87(95)109)111-83-62-29-15-19-33-68(62)92(66-31-17-13-25-58(66)49-72(83)92)103-53-96(43-38-55(2)56-22-8-6-9-23-56)88(110)80-85(77(106)41-46-100(80)103)112-82-61-28-14-18-32-67(61)91(65-30-16-12-24-57(65)48-71(82)91)102-54-97(47-42-89(3,4)59-26-10-7-11-27-59)86(108)78-81(107)75(104)39-44-98(78)102/h6-37,39-41,44-46,55,60,71-72,82-83,107H,5,38,42-43,47-54H2,1-4H3. The Balaban J connectivity index is 0.740. The molecule has 7 unspecified atom stereocenters. The van der Waals surface area contributed by atoms with E-state index in [0.717, 1.165) is 55.6 Å². The van der Waals surface area contributed by atoms with Crippen LogP contribution in [0.15, 0.2) is 245 Å². The number of hydrogen-bond acceptors (Lipinski definition) is 12. The highest BCUT2D eigenvalue weighted by atomic mass is 19.1. The number of hydrogen-bond donors (Lipinski definition) is 1. The van der Waals surface area contributed by atoms with Gasteiger partial charge in [0.25, 0.3) is 17.7 Å². The summed E-state index contributed by atoms with van der Waals surface area (Å²) < 4.78 is 53.2. The first-order chi connectivity index (χ1) is 54.4. The Bertz CT molecular complexity index is 5930. The van der Waals surface area contributed by atoms with Crippen LogP contribution in [0.25, 0.3) is 0 Å². The van der Waals surface area contributed by atoms with Gasteiger partial charge in [0.1, 0.15) is 60.5 Å².